The first-order chi connectivity index (χ1) is 16.0. The lowest BCUT2D eigenvalue weighted by Gasteiger charge is -2.33. The van der Waals surface area contributed by atoms with Crippen molar-refractivity contribution in [3.63, 3.8) is 0 Å². The Kier molecular flexibility index (Phi) is 6.97. The van der Waals surface area contributed by atoms with Crippen LogP contribution >= 0.6 is 23.1 Å². The predicted molar refractivity (Wildman–Crippen MR) is 130 cm³/mol. The molecule has 0 bridgehead atoms. The minimum Gasteiger partial charge on any atom is -0.382 e. The van der Waals surface area contributed by atoms with Crippen LogP contribution in [0.5, 0.6) is 0 Å². The number of rotatable bonds is 6. The quantitative estimate of drug-likeness (QED) is 0.459. The first-order valence-electron chi connectivity index (χ1n) is 10.5. The van der Waals surface area contributed by atoms with Crippen LogP contribution in [-0.4, -0.2) is 23.1 Å². The topological polar surface area (TPSA) is 115 Å². The Morgan fingerprint density at radius 2 is 1.88 bits per heavy atom. The fourth-order valence-electron chi connectivity index (χ4n) is 3.66. The van der Waals surface area contributed by atoms with E-state index in [0.717, 1.165) is 37.3 Å². The van der Waals surface area contributed by atoms with Crippen LogP contribution in [0.1, 0.15) is 36.6 Å². The molecule has 1 aromatic carbocycles. The molecule has 1 aliphatic heterocycles. The van der Waals surface area contributed by atoms with Gasteiger partial charge in [-0.3, -0.25) is 0 Å². The van der Waals surface area contributed by atoms with Crippen LogP contribution in [0.4, 0.5) is 26.7 Å². The van der Waals surface area contributed by atoms with Gasteiger partial charge in [0.2, 0.25) is 0 Å². The number of hydrogen-bond acceptors (Lipinski definition) is 9. The molecular weight excluding hydrogens is 457 g/mol. The lowest BCUT2D eigenvalue weighted by atomic mass is 9.97. The number of thiazole rings is 1. The van der Waals surface area contributed by atoms with Crippen molar-refractivity contribution >= 4 is 45.4 Å². The Bertz CT molecular complexity index is 1220. The lowest BCUT2D eigenvalue weighted by molar-refractivity contribution is 0.438. The molecule has 33 heavy (non-hydrogen) atoms. The molecule has 3 aromatic rings. The number of aromatic nitrogens is 2. The fraction of sp³-hybridized carbons (Fsp3) is 0.304. The Labute approximate surface area is 200 Å². The summed E-state index contributed by atoms with van der Waals surface area (Å²) in [5.74, 6) is 0.959. The van der Waals surface area contributed by atoms with E-state index < -0.39 is 0 Å². The molecule has 4 rings (SSSR count). The Morgan fingerprint density at radius 3 is 2.55 bits per heavy atom. The van der Waals surface area contributed by atoms with Crippen molar-refractivity contribution in [3.05, 3.63) is 52.3 Å². The number of nitriles is 2. The molecule has 3 N–H and O–H groups in total. The van der Waals surface area contributed by atoms with Crippen molar-refractivity contribution in [2.45, 2.75) is 30.5 Å². The molecule has 0 unspecified atom stereocenters. The van der Waals surface area contributed by atoms with Gasteiger partial charge in [-0.2, -0.15) is 10.5 Å². The number of nitrogens with two attached hydrogens (primary N) is 1. The second-order valence-corrected chi connectivity index (χ2v) is 9.68. The molecule has 0 atom stereocenters. The molecule has 7 nitrogen and oxygen atoms in total. The summed E-state index contributed by atoms with van der Waals surface area (Å²) < 4.78 is 13.1. The predicted octanol–water partition coefficient (Wildman–Crippen LogP) is 5.27. The number of piperidine rings is 1. The zero-order valence-electron chi connectivity index (χ0n) is 18.0. The van der Waals surface area contributed by atoms with Gasteiger partial charge in [-0.15, -0.1) is 11.3 Å². The van der Waals surface area contributed by atoms with Crippen LogP contribution in [0.2, 0.25) is 0 Å². The highest BCUT2D eigenvalue weighted by Gasteiger charge is 2.26. The van der Waals surface area contributed by atoms with E-state index in [1.54, 1.807) is 12.1 Å². The number of thioether (sulfide) groups is 1. The van der Waals surface area contributed by atoms with Crippen molar-refractivity contribution in [2.75, 3.05) is 29.0 Å². The molecule has 168 valence electrons. The second-order valence-electron chi connectivity index (χ2n) is 7.86. The molecule has 2 aromatic heterocycles. The number of anilines is 4. The molecule has 1 aliphatic rings. The summed E-state index contributed by atoms with van der Waals surface area (Å²) in [5, 5.41) is 25.9. The summed E-state index contributed by atoms with van der Waals surface area (Å²) in [6.07, 6.45) is 2.01. The highest BCUT2D eigenvalue weighted by molar-refractivity contribution is 7.98. The molecular formula is C23H22FN7S2. The van der Waals surface area contributed by atoms with Crippen molar-refractivity contribution in [1.82, 2.24) is 9.97 Å². The van der Waals surface area contributed by atoms with Crippen LogP contribution in [-0.2, 0) is 5.75 Å². The van der Waals surface area contributed by atoms with Crippen LogP contribution in [0.3, 0.4) is 0 Å². The molecule has 0 saturated carbocycles. The SMILES string of the molecule is CC1CCN(c2c(C#N)c(N)nc(SCc3csc(Nc4ccc(F)cc4)n3)c2C#N)CC1. The standard InChI is InChI=1S/C23H22FN7S2/c1-14-6-8-31(9-7-14)20-18(10-25)21(27)30-22(19(20)11-26)32-12-17-13-33-23(29-17)28-16-4-2-15(24)3-5-16/h2-5,13-14H,6-9,12H2,1H3,(H2,27,30)(H,28,29). The maximum absolute atomic E-state index is 13.1. The fourth-order valence-corrected chi connectivity index (χ4v) is 5.38. The Balaban J connectivity index is 1.54. The Morgan fingerprint density at radius 1 is 1.18 bits per heavy atom. The van der Waals surface area contributed by atoms with Crippen LogP contribution in [0.15, 0.2) is 34.7 Å². The summed E-state index contributed by atoms with van der Waals surface area (Å²) in [4.78, 5) is 11.0. The van der Waals surface area contributed by atoms with Gasteiger partial charge in [0.15, 0.2) is 5.13 Å². The molecule has 1 saturated heterocycles. The largest absolute Gasteiger partial charge is 0.382 e. The number of nitrogens with zero attached hydrogens (tertiary/aromatic N) is 5. The van der Waals surface area contributed by atoms with Crippen molar-refractivity contribution < 1.29 is 4.39 Å². The highest BCUT2D eigenvalue weighted by atomic mass is 32.2. The summed E-state index contributed by atoms with van der Waals surface area (Å²) in [6, 6.07) is 10.5. The van der Waals surface area contributed by atoms with Crippen molar-refractivity contribution in [1.29, 1.82) is 10.5 Å². The number of hydrogen-bond donors (Lipinski definition) is 2. The van der Waals surface area contributed by atoms with E-state index in [2.05, 4.69) is 39.2 Å². The van der Waals surface area contributed by atoms with Gasteiger partial charge in [0.25, 0.3) is 0 Å². The zero-order valence-corrected chi connectivity index (χ0v) is 19.6. The van der Waals surface area contributed by atoms with Crippen molar-refractivity contribution in [3.8, 4) is 12.1 Å². The first kappa shape index (κ1) is 22.8. The molecule has 0 amide bonds. The summed E-state index contributed by atoms with van der Waals surface area (Å²) >= 11 is 2.81. The number of pyridine rings is 1. The van der Waals surface area contributed by atoms with E-state index in [0.29, 0.717) is 33.1 Å². The molecule has 0 spiro atoms. The molecule has 3 heterocycles. The van der Waals surface area contributed by atoms with E-state index >= 15 is 0 Å². The number of nitrogens with one attached hydrogen (secondary N) is 1. The lowest BCUT2D eigenvalue weighted by Crippen LogP contribution is -2.34. The third-order valence-corrected chi connectivity index (χ3v) is 7.31. The number of nitrogen functional groups attached to an aromatic ring is 1. The first-order valence-corrected chi connectivity index (χ1v) is 12.3. The average molecular weight is 480 g/mol. The Hall–Kier alpha value is -3.34. The van der Waals surface area contributed by atoms with E-state index in [1.807, 2.05) is 5.38 Å². The summed E-state index contributed by atoms with van der Waals surface area (Å²) in [7, 11) is 0. The van der Waals surface area contributed by atoms with Gasteiger partial charge in [-0.05, 0) is 43.0 Å². The second kappa shape index (κ2) is 10.1. The third-order valence-electron chi connectivity index (χ3n) is 5.49. The third kappa shape index (κ3) is 5.19. The van der Waals surface area contributed by atoms with Gasteiger partial charge >= 0.3 is 0 Å². The van der Waals surface area contributed by atoms with E-state index in [9.17, 15) is 14.9 Å². The maximum Gasteiger partial charge on any atom is 0.187 e. The van der Waals surface area contributed by atoms with Crippen LogP contribution in [0, 0.1) is 34.4 Å². The summed E-state index contributed by atoms with van der Waals surface area (Å²) in [6.45, 7) is 3.77. The molecule has 0 radical (unpaired) electrons. The average Bonchev–Trinajstić information content (AvgIpc) is 3.26. The zero-order chi connectivity index (χ0) is 23.4. The number of benzene rings is 1. The highest BCUT2D eigenvalue weighted by Crippen LogP contribution is 2.38. The molecule has 1 fully saturated rings. The minimum atomic E-state index is -0.294. The van der Waals surface area contributed by atoms with Crippen molar-refractivity contribution in [2.24, 2.45) is 5.92 Å². The molecule has 0 aliphatic carbocycles. The van der Waals surface area contributed by atoms with Gasteiger partial charge in [-0.1, -0.05) is 18.7 Å². The van der Waals surface area contributed by atoms with Gasteiger partial charge < -0.3 is 16.0 Å². The van der Waals surface area contributed by atoms with E-state index in [4.69, 9.17) is 5.73 Å². The smallest absolute Gasteiger partial charge is 0.187 e. The van der Waals surface area contributed by atoms with Crippen LogP contribution < -0.4 is 16.0 Å². The normalized spacial score (nSPS) is 14.0. The van der Waals surface area contributed by atoms with Gasteiger partial charge in [-0.25, -0.2) is 14.4 Å². The number of halogens is 1. The maximum atomic E-state index is 13.1. The summed E-state index contributed by atoms with van der Waals surface area (Å²) in [5.41, 5.74) is 8.95. The minimum absolute atomic E-state index is 0.143. The monoisotopic (exact) mass is 479 g/mol. The molecule has 10 heteroatoms. The van der Waals surface area contributed by atoms with Gasteiger partial charge in [0.1, 0.15) is 39.9 Å². The van der Waals surface area contributed by atoms with E-state index in [-0.39, 0.29) is 17.2 Å². The van der Waals surface area contributed by atoms with Gasteiger partial charge in [0.05, 0.1) is 11.4 Å². The van der Waals surface area contributed by atoms with Crippen LogP contribution in [0.25, 0.3) is 0 Å². The van der Waals surface area contributed by atoms with Gasteiger partial charge in [0, 0.05) is 29.9 Å². The van der Waals surface area contributed by atoms with E-state index in [1.165, 1.54) is 35.2 Å².